The van der Waals surface area contributed by atoms with Crippen molar-refractivity contribution in [1.29, 1.82) is 0 Å². The van der Waals surface area contributed by atoms with E-state index in [-0.39, 0.29) is 5.56 Å². The van der Waals surface area contributed by atoms with Gasteiger partial charge in [-0.25, -0.2) is 4.98 Å². The summed E-state index contributed by atoms with van der Waals surface area (Å²) >= 11 is 1.59. The lowest BCUT2D eigenvalue weighted by Crippen LogP contribution is -2.21. The Morgan fingerprint density at radius 3 is 2.58 bits per heavy atom. The zero-order valence-electron chi connectivity index (χ0n) is 15.1. The maximum Gasteiger partial charge on any atom is 0.263 e. The number of benzene rings is 2. The van der Waals surface area contributed by atoms with E-state index in [2.05, 4.69) is 44.0 Å². The maximum atomic E-state index is 13.3. The maximum absolute atomic E-state index is 13.3. The summed E-state index contributed by atoms with van der Waals surface area (Å²) in [6.07, 6.45) is 1.67. The smallest absolute Gasteiger partial charge is 0.263 e. The van der Waals surface area contributed by atoms with Crippen LogP contribution in [0.4, 0.5) is 0 Å². The van der Waals surface area contributed by atoms with Crippen LogP contribution >= 0.6 is 11.3 Å². The second-order valence-corrected chi connectivity index (χ2v) is 7.90. The monoisotopic (exact) mass is 360 g/mol. The molecule has 0 aliphatic carbocycles. The van der Waals surface area contributed by atoms with Crippen LogP contribution in [0.5, 0.6) is 0 Å². The Kier molecular flexibility index (Phi) is 4.21. The molecule has 0 radical (unpaired) electrons. The van der Waals surface area contributed by atoms with E-state index in [0.717, 1.165) is 31.8 Å². The average molecular weight is 360 g/mol. The second-order valence-electron chi connectivity index (χ2n) is 6.69. The van der Waals surface area contributed by atoms with Gasteiger partial charge in [0.2, 0.25) is 0 Å². The number of hydrogen-bond acceptors (Lipinski definition) is 3. The predicted octanol–water partition coefficient (Wildman–Crippen LogP) is 5.10. The Balaban J connectivity index is 1.94. The molecule has 3 nitrogen and oxygen atoms in total. The summed E-state index contributed by atoms with van der Waals surface area (Å²) in [5, 5.41) is 0.736. The topological polar surface area (TPSA) is 34.9 Å². The fraction of sp³-hybridized carbons (Fsp3) is 0.182. The number of aryl methyl sites for hydroxylation is 3. The Bertz CT molecular complexity index is 1160. The van der Waals surface area contributed by atoms with Gasteiger partial charge in [0.25, 0.3) is 5.56 Å². The first kappa shape index (κ1) is 16.7. The zero-order valence-corrected chi connectivity index (χ0v) is 15.9. The van der Waals surface area contributed by atoms with E-state index in [1.807, 2.05) is 30.3 Å². The molecule has 0 bridgehead atoms. The minimum absolute atomic E-state index is 0.0270. The average Bonchev–Trinajstić information content (AvgIpc) is 2.97. The molecule has 0 aliphatic heterocycles. The molecule has 2 aromatic carbocycles. The Morgan fingerprint density at radius 1 is 1.04 bits per heavy atom. The molecule has 26 heavy (non-hydrogen) atoms. The van der Waals surface area contributed by atoms with Gasteiger partial charge in [-0.1, -0.05) is 54.1 Å². The first-order valence-electron chi connectivity index (χ1n) is 8.64. The molecule has 0 aliphatic rings. The van der Waals surface area contributed by atoms with Gasteiger partial charge in [-0.15, -0.1) is 11.3 Å². The van der Waals surface area contributed by atoms with E-state index in [0.29, 0.717) is 6.54 Å². The van der Waals surface area contributed by atoms with Crippen molar-refractivity contribution in [2.45, 2.75) is 27.3 Å². The first-order chi connectivity index (χ1) is 12.5. The van der Waals surface area contributed by atoms with E-state index in [1.54, 1.807) is 22.2 Å². The van der Waals surface area contributed by atoms with Crippen molar-refractivity contribution < 1.29 is 0 Å². The highest BCUT2D eigenvalue weighted by atomic mass is 32.1. The quantitative estimate of drug-likeness (QED) is 0.509. The molecular weight excluding hydrogens is 340 g/mol. The SMILES string of the molecule is Cc1ccc(C)c(-c2c(C)sc3ncn(Cc4ccccc4)c(=O)c23)c1. The molecule has 0 saturated heterocycles. The van der Waals surface area contributed by atoms with Gasteiger partial charge in [0.05, 0.1) is 18.3 Å². The molecule has 2 aromatic heterocycles. The Labute approximate surface area is 156 Å². The van der Waals surface area contributed by atoms with Gasteiger partial charge < -0.3 is 0 Å². The summed E-state index contributed by atoms with van der Waals surface area (Å²) in [5.74, 6) is 0. The number of thiophene rings is 1. The van der Waals surface area contributed by atoms with Crippen LogP contribution in [0, 0.1) is 20.8 Å². The Hall–Kier alpha value is -2.72. The third-order valence-corrected chi connectivity index (χ3v) is 5.73. The molecule has 4 heteroatoms. The standard InChI is InChI=1S/C22H20N2OS/c1-14-9-10-15(2)18(11-14)19-16(3)26-21-20(19)22(25)24(13-23-21)12-17-7-5-4-6-8-17/h4-11,13H,12H2,1-3H3. The van der Waals surface area contributed by atoms with Crippen LogP contribution < -0.4 is 5.56 Å². The fourth-order valence-corrected chi connectivity index (χ4v) is 4.36. The summed E-state index contributed by atoms with van der Waals surface area (Å²) in [7, 11) is 0. The lowest BCUT2D eigenvalue weighted by atomic mass is 9.97. The van der Waals surface area contributed by atoms with Crippen molar-refractivity contribution in [2.24, 2.45) is 0 Å². The van der Waals surface area contributed by atoms with Crippen LogP contribution in [0.1, 0.15) is 21.6 Å². The lowest BCUT2D eigenvalue weighted by Gasteiger charge is -2.09. The summed E-state index contributed by atoms with van der Waals surface area (Å²) in [6.45, 7) is 6.78. The minimum atomic E-state index is 0.0270. The van der Waals surface area contributed by atoms with E-state index < -0.39 is 0 Å². The van der Waals surface area contributed by atoms with E-state index >= 15 is 0 Å². The molecule has 2 heterocycles. The number of nitrogens with zero attached hydrogens (tertiary/aromatic N) is 2. The van der Waals surface area contributed by atoms with Crippen molar-refractivity contribution in [3.8, 4) is 11.1 Å². The predicted molar refractivity (Wildman–Crippen MR) is 109 cm³/mol. The second kappa shape index (κ2) is 6.54. The molecule has 4 rings (SSSR count). The summed E-state index contributed by atoms with van der Waals surface area (Å²) in [6, 6.07) is 16.4. The molecule has 0 saturated carbocycles. The van der Waals surface area contributed by atoms with Crippen LogP contribution in [0.15, 0.2) is 59.7 Å². The molecule has 0 unspecified atom stereocenters. The summed E-state index contributed by atoms with van der Waals surface area (Å²) in [5.41, 5.74) is 5.65. The third kappa shape index (κ3) is 2.86. The highest BCUT2D eigenvalue weighted by molar-refractivity contribution is 7.19. The highest BCUT2D eigenvalue weighted by Gasteiger charge is 2.18. The van der Waals surface area contributed by atoms with Crippen LogP contribution in [0.3, 0.4) is 0 Å². The van der Waals surface area contributed by atoms with Gasteiger partial charge in [-0.2, -0.15) is 0 Å². The fourth-order valence-electron chi connectivity index (χ4n) is 3.36. The number of fused-ring (bicyclic) bond motifs is 1. The number of hydrogen-bond donors (Lipinski definition) is 0. The van der Waals surface area contributed by atoms with Crippen LogP contribution in [-0.2, 0) is 6.54 Å². The summed E-state index contributed by atoms with van der Waals surface area (Å²) in [4.78, 5) is 19.8. The molecule has 130 valence electrons. The Morgan fingerprint density at radius 2 is 1.81 bits per heavy atom. The molecule has 0 amide bonds. The third-order valence-electron chi connectivity index (χ3n) is 4.71. The molecule has 0 fully saturated rings. The number of rotatable bonds is 3. The van der Waals surface area contributed by atoms with Crippen LogP contribution in [0.2, 0.25) is 0 Å². The van der Waals surface area contributed by atoms with Crippen LogP contribution in [-0.4, -0.2) is 9.55 Å². The van der Waals surface area contributed by atoms with Crippen molar-refractivity contribution in [2.75, 3.05) is 0 Å². The lowest BCUT2D eigenvalue weighted by molar-refractivity contribution is 0.749. The zero-order chi connectivity index (χ0) is 18.3. The largest absolute Gasteiger partial charge is 0.294 e. The van der Waals surface area contributed by atoms with E-state index in [9.17, 15) is 4.79 Å². The van der Waals surface area contributed by atoms with Crippen molar-refractivity contribution in [1.82, 2.24) is 9.55 Å². The molecular formula is C22H20N2OS. The van der Waals surface area contributed by atoms with Gasteiger partial charge in [-0.3, -0.25) is 9.36 Å². The minimum Gasteiger partial charge on any atom is -0.294 e. The van der Waals surface area contributed by atoms with Gasteiger partial charge in [0.15, 0.2) is 0 Å². The first-order valence-corrected chi connectivity index (χ1v) is 9.46. The van der Waals surface area contributed by atoms with Crippen LogP contribution in [0.25, 0.3) is 21.3 Å². The van der Waals surface area contributed by atoms with Gasteiger partial charge in [-0.05, 0) is 37.5 Å². The summed E-state index contributed by atoms with van der Waals surface area (Å²) < 4.78 is 1.71. The molecule has 0 atom stereocenters. The van der Waals surface area contributed by atoms with Gasteiger partial charge >= 0.3 is 0 Å². The van der Waals surface area contributed by atoms with E-state index in [1.165, 1.54) is 11.1 Å². The molecule has 4 aromatic rings. The van der Waals surface area contributed by atoms with Gasteiger partial charge in [0.1, 0.15) is 4.83 Å². The van der Waals surface area contributed by atoms with Crippen molar-refractivity contribution in [3.63, 3.8) is 0 Å². The van der Waals surface area contributed by atoms with Crippen molar-refractivity contribution in [3.05, 3.63) is 86.8 Å². The highest BCUT2D eigenvalue weighted by Crippen LogP contribution is 2.37. The molecule has 0 N–H and O–H groups in total. The number of aromatic nitrogens is 2. The van der Waals surface area contributed by atoms with E-state index in [4.69, 9.17) is 0 Å². The van der Waals surface area contributed by atoms with Gasteiger partial charge in [0, 0.05) is 10.4 Å². The normalized spacial score (nSPS) is 11.2. The molecule has 0 spiro atoms. The van der Waals surface area contributed by atoms with Crippen molar-refractivity contribution >= 4 is 21.6 Å².